The van der Waals surface area contributed by atoms with E-state index in [1.54, 1.807) is 0 Å². The molecule has 5 aliphatic rings. The minimum Gasteiger partial charge on any atom is -0.480 e. The molecule has 0 aromatic heterocycles. The molecule has 0 bridgehead atoms. The van der Waals surface area contributed by atoms with Gasteiger partial charge in [-0.25, -0.2) is 0 Å². The van der Waals surface area contributed by atoms with E-state index < -0.39 is 84.7 Å². The first-order valence-corrected chi connectivity index (χ1v) is 20.4. The van der Waals surface area contributed by atoms with Crippen molar-refractivity contribution in [3.05, 3.63) is 0 Å². The summed E-state index contributed by atoms with van der Waals surface area (Å²) in [5, 5.41) is 22.5. The van der Waals surface area contributed by atoms with Crippen molar-refractivity contribution in [3.63, 3.8) is 0 Å². The number of rotatable bonds is 17. The van der Waals surface area contributed by atoms with Crippen molar-refractivity contribution in [3.8, 4) is 0 Å². The van der Waals surface area contributed by atoms with E-state index in [4.69, 9.17) is 10.8 Å². The van der Waals surface area contributed by atoms with E-state index in [9.17, 15) is 43.2 Å². The number of hydrogen-bond donors (Lipinski definition) is 7. The van der Waals surface area contributed by atoms with Crippen LogP contribution in [-0.4, -0.2) is 173 Å². The fourth-order valence-corrected chi connectivity index (χ4v) is 8.63. The summed E-state index contributed by atoms with van der Waals surface area (Å²) in [5.74, 6) is -4.76. The van der Waals surface area contributed by atoms with E-state index in [2.05, 4.69) is 26.6 Å². The molecular weight excluding hydrogens is 744 g/mol. The van der Waals surface area contributed by atoms with Gasteiger partial charge in [-0.1, -0.05) is 0 Å². The summed E-state index contributed by atoms with van der Waals surface area (Å²) in [4.78, 5) is 123. The van der Waals surface area contributed by atoms with E-state index in [0.717, 1.165) is 13.0 Å². The highest BCUT2D eigenvalue weighted by Crippen LogP contribution is 2.27. The molecule has 0 aromatic carbocycles. The fourth-order valence-electron chi connectivity index (χ4n) is 8.63. The van der Waals surface area contributed by atoms with Gasteiger partial charge in [0.1, 0.15) is 36.8 Å². The third-order valence-electron chi connectivity index (χ3n) is 11.6. The Labute approximate surface area is 331 Å². The van der Waals surface area contributed by atoms with Gasteiger partial charge in [-0.05, 0) is 96.6 Å². The summed E-state index contributed by atoms with van der Waals surface area (Å²) in [5.41, 5.74) is 5.62. The molecule has 0 unspecified atom stereocenters. The Balaban J connectivity index is 1.11. The first-order chi connectivity index (χ1) is 27.4. The topological polar surface area (TPSA) is 273 Å². The number of carboxylic acids is 1. The zero-order chi connectivity index (χ0) is 41.1. The second-order valence-corrected chi connectivity index (χ2v) is 15.4. The summed E-state index contributed by atoms with van der Waals surface area (Å²) >= 11 is 0. The first-order valence-electron chi connectivity index (χ1n) is 20.4. The van der Waals surface area contributed by atoms with Gasteiger partial charge in [0.05, 0.1) is 19.1 Å². The Hall–Kier alpha value is -4.85. The number of likely N-dealkylation sites (tertiary alicyclic amines) is 4. The van der Waals surface area contributed by atoms with Crippen molar-refractivity contribution in [2.45, 2.75) is 120 Å². The van der Waals surface area contributed by atoms with E-state index in [-0.39, 0.29) is 30.9 Å². The Morgan fingerprint density at radius 1 is 0.596 bits per heavy atom. The normalized spacial score (nSPS) is 25.0. The second kappa shape index (κ2) is 20.5. The van der Waals surface area contributed by atoms with E-state index in [1.165, 1.54) is 19.6 Å². The number of nitrogens with one attached hydrogen (secondary N) is 5. The van der Waals surface area contributed by atoms with Crippen molar-refractivity contribution in [1.82, 2.24) is 46.2 Å². The van der Waals surface area contributed by atoms with Crippen LogP contribution in [0.2, 0.25) is 0 Å². The molecule has 316 valence electrons. The molecule has 20 heteroatoms. The molecule has 0 aromatic rings. The van der Waals surface area contributed by atoms with Crippen LogP contribution in [0.25, 0.3) is 0 Å². The van der Waals surface area contributed by atoms with Crippen LogP contribution in [0, 0.1) is 0 Å². The van der Waals surface area contributed by atoms with Gasteiger partial charge in [0, 0.05) is 26.2 Å². The number of nitrogens with two attached hydrogens (primary N) is 1. The van der Waals surface area contributed by atoms with Crippen LogP contribution in [-0.2, 0) is 43.2 Å². The van der Waals surface area contributed by atoms with Gasteiger partial charge in [0.15, 0.2) is 0 Å². The van der Waals surface area contributed by atoms with Crippen molar-refractivity contribution >= 4 is 53.2 Å². The molecule has 5 heterocycles. The molecule has 0 spiro atoms. The van der Waals surface area contributed by atoms with Crippen molar-refractivity contribution in [2.24, 2.45) is 5.73 Å². The molecule has 57 heavy (non-hydrogen) atoms. The Morgan fingerprint density at radius 3 is 1.58 bits per heavy atom. The number of carboxylic acid groups (broad SMARTS) is 1. The number of carbonyl (C=O) groups is 9. The van der Waals surface area contributed by atoms with E-state index in [1.807, 2.05) is 0 Å². The highest BCUT2D eigenvalue weighted by molar-refractivity contribution is 5.97. The van der Waals surface area contributed by atoms with Gasteiger partial charge in [-0.2, -0.15) is 0 Å². The SMILES string of the molecule is NCCCC[C@H](NC(=O)[C@@H]1CCCN1)C(=O)NCC(=O)N1CCC[C@H]1C(=O)N1CCC[C@H]1C(=O)NCC(=O)N1CCC[C@H]1C(=O)N1CCC[C@H]1C(=O)NCC(=O)O. The lowest BCUT2D eigenvalue weighted by Gasteiger charge is -2.32. The molecule has 6 atom stereocenters. The lowest BCUT2D eigenvalue weighted by molar-refractivity contribution is -0.148. The van der Waals surface area contributed by atoms with Crippen molar-refractivity contribution in [1.29, 1.82) is 0 Å². The minimum absolute atomic E-state index is 0.268. The number of nitrogens with zero attached hydrogens (tertiary/aromatic N) is 4. The summed E-state index contributed by atoms with van der Waals surface area (Å²) in [6.07, 6.45) is 6.90. The molecule has 0 radical (unpaired) electrons. The molecule has 8 amide bonds. The summed E-state index contributed by atoms with van der Waals surface area (Å²) in [6.45, 7) is 1.02. The standard InChI is InChI=1S/C37H58N10O10/c38-14-2-1-8-24(43-33(53)23-9-3-15-39-23)32(52)40-20-29(48)44-16-6-12-27(44)36(56)46-18-4-10-25(46)34(54)41-21-30(49)45-17-7-13-28(45)37(57)47-19-5-11-26(47)35(55)42-22-31(50)51/h23-28,39H,1-22,38H2,(H,40,52)(H,41,54)(H,42,55)(H,43,53)(H,50,51)/t23-,24-,25-,26-,27-,28-/m0/s1. The van der Waals surface area contributed by atoms with Crippen LogP contribution in [0.4, 0.5) is 0 Å². The van der Waals surface area contributed by atoms with Gasteiger partial charge < -0.3 is 57.0 Å². The average molecular weight is 803 g/mol. The number of amides is 8. The lowest BCUT2D eigenvalue weighted by Crippen LogP contribution is -2.56. The molecule has 8 N–H and O–H groups in total. The Morgan fingerprint density at radius 2 is 1.09 bits per heavy atom. The number of unbranched alkanes of at least 4 members (excludes halogenated alkanes) is 1. The largest absolute Gasteiger partial charge is 0.480 e. The summed E-state index contributed by atoms with van der Waals surface area (Å²) in [6, 6.07) is -4.55. The van der Waals surface area contributed by atoms with Crippen LogP contribution in [0.15, 0.2) is 0 Å². The predicted octanol–water partition coefficient (Wildman–Crippen LogP) is -3.25. The maximum atomic E-state index is 13.9. The average Bonchev–Trinajstić information content (AvgIpc) is 4.06. The molecule has 5 saturated heterocycles. The third-order valence-corrected chi connectivity index (χ3v) is 11.6. The Kier molecular flexibility index (Phi) is 15.6. The first kappa shape index (κ1) is 43.3. The zero-order valence-electron chi connectivity index (χ0n) is 32.5. The molecular formula is C37H58N10O10. The van der Waals surface area contributed by atoms with E-state index >= 15 is 0 Å². The molecule has 5 aliphatic heterocycles. The fraction of sp³-hybridized carbons (Fsp3) is 0.757. The predicted molar refractivity (Wildman–Crippen MR) is 201 cm³/mol. The number of aliphatic carboxylic acids is 1. The lowest BCUT2D eigenvalue weighted by atomic mass is 10.1. The molecule has 0 aliphatic carbocycles. The maximum Gasteiger partial charge on any atom is 0.322 e. The highest BCUT2D eigenvalue weighted by Gasteiger charge is 2.44. The maximum absolute atomic E-state index is 13.9. The minimum atomic E-state index is -1.20. The van der Waals surface area contributed by atoms with Gasteiger partial charge in [-0.3, -0.25) is 43.2 Å². The smallest absolute Gasteiger partial charge is 0.322 e. The Bertz CT molecular complexity index is 1540. The third kappa shape index (κ3) is 11.0. The number of carbonyl (C=O) groups excluding carboxylic acids is 8. The molecule has 5 rings (SSSR count). The van der Waals surface area contributed by atoms with Crippen molar-refractivity contribution in [2.75, 3.05) is 58.9 Å². The molecule has 5 fully saturated rings. The number of hydrogen-bond acceptors (Lipinski definition) is 11. The summed E-state index contributed by atoms with van der Waals surface area (Å²) in [7, 11) is 0. The van der Waals surface area contributed by atoms with Crippen molar-refractivity contribution < 1.29 is 48.3 Å². The van der Waals surface area contributed by atoms with Gasteiger partial charge in [0.25, 0.3) is 0 Å². The van der Waals surface area contributed by atoms with Crippen LogP contribution >= 0.6 is 0 Å². The van der Waals surface area contributed by atoms with E-state index in [0.29, 0.717) is 103 Å². The van der Waals surface area contributed by atoms with Crippen LogP contribution < -0.4 is 32.3 Å². The zero-order valence-corrected chi connectivity index (χ0v) is 32.5. The highest BCUT2D eigenvalue weighted by atomic mass is 16.4. The molecule has 20 nitrogen and oxygen atoms in total. The van der Waals surface area contributed by atoms with Crippen LogP contribution in [0.5, 0.6) is 0 Å². The quantitative estimate of drug-likeness (QED) is 0.0715. The molecule has 0 saturated carbocycles. The van der Waals surface area contributed by atoms with Gasteiger partial charge >= 0.3 is 5.97 Å². The monoisotopic (exact) mass is 802 g/mol. The van der Waals surface area contributed by atoms with Crippen LogP contribution in [0.3, 0.4) is 0 Å². The summed E-state index contributed by atoms with van der Waals surface area (Å²) < 4.78 is 0. The van der Waals surface area contributed by atoms with Gasteiger partial charge in [-0.15, -0.1) is 0 Å². The van der Waals surface area contributed by atoms with Crippen LogP contribution in [0.1, 0.15) is 83.5 Å². The second-order valence-electron chi connectivity index (χ2n) is 15.4. The van der Waals surface area contributed by atoms with Gasteiger partial charge in [0.2, 0.25) is 47.3 Å².